The molecule has 1 aromatic carbocycles. The summed E-state index contributed by atoms with van der Waals surface area (Å²) in [6.07, 6.45) is 1.36. The van der Waals surface area contributed by atoms with Crippen molar-refractivity contribution in [1.29, 1.82) is 0 Å². The van der Waals surface area contributed by atoms with Gasteiger partial charge in [0.05, 0.1) is 11.1 Å². The van der Waals surface area contributed by atoms with Crippen LogP contribution in [0.15, 0.2) is 17.2 Å². The summed E-state index contributed by atoms with van der Waals surface area (Å²) in [5.74, 6) is -0.564. The second-order valence-corrected chi connectivity index (χ2v) is 3.06. The molecule has 0 aliphatic carbocycles. The number of aromatic hydroxyl groups is 1. The average Bonchev–Trinajstić information content (AvgIpc) is 2.22. The van der Waals surface area contributed by atoms with Crippen LogP contribution in [0.2, 0.25) is 5.02 Å². The summed E-state index contributed by atoms with van der Waals surface area (Å²) >= 11 is 5.61. The molecular weight excluding hydrogens is 238 g/mol. The first-order valence-corrected chi connectivity index (χ1v) is 4.33. The molecule has 0 unspecified atom stereocenters. The number of rotatable bonds is 4. The number of hydrazone groups is 1. The lowest BCUT2D eigenvalue weighted by atomic mass is 10.2. The molecule has 0 bridgehead atoms. The maximum atomic E-state index is 10.5. The number of phenolic OH excluding ortho intramolecular Hbond substituents is 1. The van der Waals surface area contributed by atoms with E-state index >= 15 is 0 Å². The van der Waals surface area contributed by atoms with Gasteiger partial charge in [-0.15, -0.1) is 0 Å². The van der Waals surface area contributed by atoms with Crippen LogP contribution in [0, 0.1) is 10.1 Å². The summed E-state index contributed by atoms with van der Waals surface area (Å²) in [6, 6.07) is 2.29. The number of nitrogens with one attached hydrogen (secondary N) is 1. The van der Waals surface area contributed by atoms with Crippen LogP contribution in [0.3, 0.4) is 0 Å². The molecule has 0 aromatic heterocycles. The summed E-state index contributed by atoms with van der Waals surface area (Å²) in [7, 11) is 0. The smallest absolute Gasteiger partial charge is 0.312 e. The lowest BCUT2D eigenvalue weighted by Crippen LogP contribution is -2.01. The normalized spacial score (nSPS) is 10.3. The van der Waals surface area contributed by atoms with Crippen molar-refractivity contribution in [3.8, 4) is 5.75 Å². The van der Waals surface area contributed by atoms with Gasteiger partial charge in [-0.05, 0) is 6.07 Å². The third-order valence-corrected chi connectivity index (χ3v) is 1.83. The van der Waals surface area contributed by atoms with Gasteiger partial charge in [-0.2, -0.15) is 5.10 Å². The van der Waals surface area contributed by atoms with E-state index in [4.69, 9.17) is 11.6 Å². The number of carbonyl (C=O) groups is 1. The van der Waals surface area contributed by atoms with Crippen molar-refractivity contribution in [3.63, 3.8) is 0 Å². The minimum absolute atomic E-state index is 0.0357. The molecule has 0 aliphatic rings. The zero-order valence-electron chi connectivity index (χ0n) is 7.75. The van der Waals surface area contributed by atoms with Crippen molar-refractivity contribution in [3.05, 3.63) is 32.8 Å². The molecule has 0 heterocycles. The SMILES string of the molecule is O=CN/N=C\c1cc(Cl)cc([N+](=O)[O-])c1O. The molecule has 0 spiro atoms. The van der Waals surface area contributed by atoms with Crippen molar-refractivity contribution in [2.24, 2.45) is 5.10 Å². The maximum Gasteiger partial charge on any atom is 0.312 e. The second-order valence-electron chi connectivity index (χ2n) is 2.63. The molecule has 1 rings (SSSR count). The fraction of sp³-hybridized carbons (Fsp3) is 0. The molecule has 0 radical (unpaired) electrons. The summed E-state index contributed by atoms with van der Waals surface area (Å²) in [5.41, 5.74) is 1.46. The van der Waals surface area contributed by atoms with Crippen LogP contribution in [0.5, 0.6) is 5.75 Å². The third-order valence-electron chi connectivity index (χ3n) is 1.61. The van der Waals surface area contributed by atoms with Crippen LogP contribution in [0.1, 0.15) is 5.56 Å². The van der Waals surface area contributed by atoms with E-state index in [0.717, 1.165) is 12.3 Å². The molecule has 0 aliphatic heterocycles. The summed E-state index contributed by atoms with van der Waals surface area (Å²) in [4.78, 5) is 19.7. The van der Waals surface area contributed by atoms with Crippen LogP contribution in [0.25, 0.3) is 0 Å². The van der Waals surface area contributed by atoms with E-state index in [0.29, 0.717) is 6.41 Å². The van der Waals surface area contributed by atoms with E-state index in [1.54, 1.807) is 0 Å². The molecule has 0 saturated carbocycles. The van der Waals surface area contributed by atoms with E-state index < -0.39 is 16.4 Å². The second kappa shape index (κ2) is 5.08. The predicted octanol–water partition coefficient (Wildman–Crippen LogP) is 1.03. The van der Waals surface area contributed by atoms with Crippen LogP contribution >= 0.6 is 11.6 Å². The van der Waals surface area contributed by atoms with Gasteiger partial charge >= 0.3 is 5.69 Å². The van der Waals surface area contributed by atoms with Gasteiger partial charge in [-0.25, -0.2) is 5.43 Å². The Kier molecular flexibility index (Phi) is 3.78. The number of nitro groups is 1. The van der Waals surface area contributed by atoms with Gasteiger partial charge in [-0.1, -0.05) is 11.6 Å². The van der Waals surface area contributed by atoms with Crippen molar-refractivity contribution < 1.29 is 14.8 Å². The van der Waals surface area contributed by atoms with Crippen LogP contribution in [-0.4, -0.2) is 22.7 Å². The number of carbonyl (C=O) groups excluding carboxylic acids is 1. The Morgan fingerprint density at radius 1 is 1.56 bits per heavy atom. The topological polar surface area (TPSA) is 105 Å². The Morgan fingerprint density at radius 2 is 2.25 bits per heavy atom. The highest BCUT2D eigenvalue weighted by Crippen LogP contribution is 2.32. The third kappa shape index (κ3) is 2.67. The fourth-order valence-electron chi connectivity index (χ4n) is 0.980. The van der Waals surface area contributed by atoms with Gasteiger partial charge in [0, 0.05) is 16.7 Å². The van der Waals surface area contributed by atoms with Crippen LogP contribution < -0.4 is 5.43 Å². The number of halogens is 1. The average molecular weight is 244 g/mol. The zero-order valence-corrected chi connectivity index (χ0v) is 8.51. The Labute approximate surface area is 94.5 Å². The van der Waals surface area contributed by atoms with Crippen molar-refractivity contribution in [2.75, 3.05) is 0 Å². The molecule has 8 heteroatoms. The summed E-state index contributed by atoms with van der Waals surface area (Å²) in [6.45, 7) is 0. The monoisotopic (exact) mass is 243 g/mol. The highest BCUT2D eigenvalue weighted by Gasteiger charge is 2.17. The number of nitrogens with zero attached hydrogens (tertiary/aromatic N) is 2. The van der Waals surface area contributed by atoms with Crippen molar-refractivity contribution in [2.45, 2.75) is 0 Å². The number of benzene rings is 1. The minimum atomic E-state index is -0.772. The molecule has 1 amide bonds. The Bertz CT molecular complexity index is 461. The van der Waals surface area contributed by atoms with E-state index in [-0.39, 0.29) is 10.6 Å². The zero-order chi connectivity index (χ0) is 12.1. The summed E-state index contributed by atoms with van der Waals surface area (Å²) < 4.78 is 0. The number of phenols is 1. The van der Waals surface area contributed by atoms with Crippen LogP contribution in [0.4, 0.5) is 5.69 Å². The minimum Gasteiger partial charge on any atom is -0.502 e. The quantitative estimate of drug-likeness (QED) is 0.357. The van der Waals surface area contributed by atoms with Gasteiger partial charge in [-0.3, -0.25) is 14.9 Å². The molecule has 0 atom stereocenters. The van der Waals surface area contributed by atoms with E-state index in [1.165, 1.54) is 6.07 Å². The lowest BCUT2D eigenvalue weighted by molar-refractivity contribution is -0.385. The number of nitro benzene ring substituents is 1. The Morgan fingerprint density at radius 3 is 2.81 bits per heavy atom. The van der Waals surface area contributed by atoms with Gasteiger partial charge in [0.1, 0.15) is 0 Å². The highest BCUT2D eigenvalue weighted by atomic mass is 35.5. The molecular formula is C8H6ClN3O4. The summed E-state index contributed by atoms with van der Waals surface area (Å²) in [5, 5.41) is 23.5. The van der Waals surface area contributed by atoms with Crippen LogP contribution in [-0.2, 0) is 4.79 Å². The van der Waals surface area contributed by atoms with Crippen molar-refractivity contribution >= 4 is 29.9 Å². The number of amides is 1. The largest absolute Gasteiger partial charge is 0.502 e. The van der Waals surface area contributed by atoms with Gasteiger partial charge in [0.2, 0.25) is 12.2 Å². The van der Waals surface area contributed by atoms with Gasteiger partial charge < -0.3 is 5.11 Å². The van der Waals surface area contributed by atoms with Gasteiger partial charge in [0.15, 0.2) is 0 Å². The molecule has 0 fully saturated rings. The molecule has 0 saturated heterocycles. The molecule has 7 nitrogen and oxygen atoms in total. The Hall–Kier alpha value is -2.15. The lowest BCUT2D eigenvalue weighted by Gasteiger charge is -2.00. The number of hydrogen-bond acceptors (Lipinski definition) is 5. The van der Waals surface area contributed by atoms with E-state index in [1.807, 2.05) is 5.43 Å². The highest BCUT2D eigenvalue weighted by molar-refractivity contribution is 6.31. The molecule has 84 valence electrons. The maximum absolute atomic E-state index is 10.5. The predicted molar refractivity (Wildman–Crippen MR) is 56.6 cm³/mol. The first-order valence-electron chi connectivity index (χ1n) is 3.95. The first kappa shape index (κ1) is 11.9. The molecule has 1 aromatic rings. The molecule has 2 N–H and O–H groups in total. The standard InChI is InChI=1S/C8H6ClN3O4/c9-6-1-5(3-10-11-4-13)8(14)7(2-6)12(15)16/h1-4,14H,(H,11,13)/b10-3-. The van der Waals surface area contributed by atoms with Crippen molar-refractivity contribution in [1.82, 2.24) is 5.43 Å². The fourth-order valence-corrected chi connectivity index (χ4v) is 1.20. The molecule has 16 heavy (non-hydrogen) atoms. The van der Waals surface area contributed by atoms with E-state index in [2.05, 4.69) is 5.10 Å². The van der Waals surface area contributed by atoms with E-state index in [9.17, 15) is 20.0 Å². The van der Waals surface area contributed by atoms with Gasteiger partial charge in [0.25, 0.3) is 0 Å². The number of hydrogen-bond donors (Lipinski definition) is 2. The Balaban J connectivity index is 3.18. The first-order chi connectivity index (χ1) is 7.56.